The molecule has 2 rings (SSSR count). The highest BCUT2D eigenvalue weighted by Crippen LogP contribution is 2.17. The lowest BCUT2D eigenvalue weighted by Crippen LogP contribution is -2.39. The van der Waals surface area contributed by atoms with Crippen LogP contribution < -0.4 is 10.5 Å². The van der Waals surface area contributed by atoms with Crippen molar-refractivity contribution in [2.45, 2.75) is 17.9 Å². The minimum absolute atomic E-state index is 0. The SMILES string of the molecule is CN=C(NCc1ccc(S(N)(=O)=O)cc1)N1CCC(COCCOC)C1.I. The molecular formula is C17H29IN4O4S. The molecule has 10 heteroatoms. The average Bonchev–Trinajstić information content (AvgIpc) is 3.08. The summed E-state index contributed by atoms with van der Waals surface area (Å²) in [4.78, 5) is 6.66. The summed E-state index contributed by atoms with van der Waals surface area (Å²) in [5.41, 5.74) is 0.956. The summed E-state index contributed by atoms with van der Waals surface area (Å²) in [7, 11) is -0.234. The van der Waals surface area contributed by atoms with Gasteiger partial charge in [-0.25, -0.2) is 13.6 Å². The molecule has 0 saturated carbocycles. The molecule has 8 nitrogen and oxygen atoms in total. The number of sulfonamides is 1. The normalized spacial score (nSPS) is 17.7. The molecule has 154 valence electrons. The van der Waals surface area contributed by atoms with E-state index in [2.05, 4.69) is 15.2 Å². The Morgan fingerprint density at radius 1 is 1.33 bits per heavy atom. The second-order valence-corrected chi connectivity index (χ2v) is 7.82. The molecule has 0 bridgehead atoms. The molecule has 1 aromatic rings. The summed E-state index contributed by atoms with van der Waals surface area (Å²) in [6.07, 6.45) is 1.07. The summed E-state index contributed by atoms with van der Waals surface area (Å²) in [5, 5.41) is 8.43. The van der Waals surface area contributed by atoms with Crippen LogP contribution in [0.3, 0.4) is 0 Å². The van der Waals surface area contributed by atoms with Crippen molar-refractivity contribution in [3.63, 3.8) is 0 Å². The number of guanidine groups is 1. The summed E-state index contributed by atoms with van der Waals surface area (Å²) in [6, 6.07) is 6.52. The van der Waals surface area contributed by atoms with E-state index in [1.807, 2.05) is 0 Å². The van der Waals surface area contributed by atoms with Gasteiger partial charge in [-0.15, -0.1) is 24.0 Å². The van der Waals surface area contributed by atoms with Crippen molar-refractivity contribution in [3.8, 4) is 0 Å². The van der Waals surface area contributed by atoms with Gasteiger partial charge in [0.1, 0.15) is 0 Å². The van der Waals surface area contributed by atoms with Gasteiger partial charge in [-0.3, -0.25) is 4.99 Å². The minimum Gasteiger partial charge on any atom is -0.382 e. The molecular weight excluding hydrogens is 483 g/mol. The second kappa shape index (κ2) is 11.8. The molecule has 0 aliphatic carbocycles. The number of hydrogen-bond acceptors (Lipinski definition) is 5. The van der Waals surface area contributed by atoms with Gasteiger partial charge in [0.05, 0.1) is 24.7 Å². The first-order chi connectivity index (χ1) is 12.4. The van der Waals surface area contributed by atoms with Gasteiger partial charge in [0.25, 0.3) is 0 Å². The van der Waals surface area contributed by atoms with Crippen LogP contribution in [0.5, 0.6) is 0 Å². The zero-order valence-corrected chi connectivity index (χ0v) is 18.9. The van der Waals surface area contributed by atoms with E-state index in [0.29, 0.717) is 25.7 Å². The predicted octanol–water partition coefficient (Wildman–Crippen LogP) is 1.01. The van der Waals surface area contributed by atoms with Gasteiger partial charge in [-0.2, -0.15) is 0 Å². The molecule has 0 aromatic heterocycles. The maximum Gasteiger partial charge on any atom is 0.238 e. The van der Waals surface area contributed by atoms with Crippen LogP contribution in [0.15, 0.2) is 34.2 Å². The topological polar surface area (TPSA) is 106 Å². The third-order valence-electron chi connectivity index (χ3n) is 4.29. The number of nitrogens with zero attached hydrogens (tertiary/aromatic N) is 2. The van der Waals surface area contributed by atoms with Crippen LogP contribution in [-0.2, 0) is 26.0 Å². The van der Waals surface area contributed by atoms with Gasteiger partial charge in [-0.1, -0.05) is 12.1 Å². The largest absolute Gasteiger partial charge is 0.382 e. The Morgan fingerprint density at radius 2 is 2.04 bits per heavy atom. The van der Waals surface area contributed by atoms with Gasteiger partial charge < -0.3 is 19.7 Å². The molecule has 27 heavy (non-hydrogen) atoms. The third-order valence-corrected chi connectivity index (χ3v) is 5.21. The zero-order valence-electron chi connectivity index (χ0n) is 15.8. The first-order valence-electron chi connectivity index (χ1n) is 8.58. The Bertz CT molecular complexity index is 697. The van der Waals surface area contributed by atoms with E-state index in [9.17, 15) is 8.42 Å². The quantitative estimate of drug-likeness (QED) is 0.233. The van der Waals surface area contributed by atoms with Gasteiger partial charge in [0.2, 0.25) is 10.0 Å². The van der Waals surface area contributed by atoms with Crippen molar-refractivity contribution >= 4 is 40.0 Å². The van der Waals surface area contributed by atoms with Crippen LogP contribution in [-0.4, -0.2) is 66.3 Å². The Kier molecular flexibility index (Phi) is 10.5. The summed E-state index contributed by atoms with van der Waals surface area (Å²) >= 11 is 0. The molecule has 1 atom stereocenters. The first kappa shape index (κ1) is 24.1. The fraction of sp³-hybridized carbons (Fsp3) is 0.588. The number of benzene rings is 1. The fourth-order valence-electron chi connectivity index (χ4n) is 2.86. The standard InChI is InChI=1S/C17H28N4O4S.HI/c1-19-17(21-8-7-15(12-21)13-25-10-9-24-2)20-11-14-3-5-16(6-4-14)26(18,22)23;/h3-6,15H,7-13H2,1-2H3,(H,19,20)(H2,18,22,23);1H. The van der Waals surface area contributed by atoms with Gasteiger partial charge in [0.15, 0.2) is 5.96 Å². The molecule has 1 heterocycles. The Labute approximate surface area is 178 Å². The van der Waals surface area contributed by atoms with Crippen LogP contribution in [0.2, 0.25) is 0 Å². The molecule has 3 N–H and O–H groups in total. The van der Waals surface area contributed by atoms with Crippen molar-refractivity contribution in [1.29, 1.82) is 0 Å². The molecule has 1 aliphatic rings. The molecule has 1 saturated heterocycles. The van der Waals surface area contributed by atoms with Crippen molar-refractivity contribution in [2.75, 3.05) is 47.1 Å². The lowest BCUT2D eigenvalue weighted by atomic mass is 10.1. The number of methoxy groups -OCH3 is 1. The number of likely N-dealkylation sites (tertiary alicyclic amines) is 1. The number of nitrogens with one attached hydrogen (secondary N) is 1. The number of aliphatic imine (C=N–C) groups is 1. The zero-order chi connectivity index (χ0) is 19.0. The van der Waals surface area contributed by atoms with E-state index in [4.69, 9.17) is 14.6 Å². The Balaban J connectivity index is 0.00000364. The lowest BCUT2D eigenvalue weighted by Gasteiger charge is -2.22. The van der Waals surface area contributed by atoms with Crippen LogP contribution in [0.1, 0.15) is 12.0 Å². The van der Waals surface area contributed by atoms with E-state index >= 15 is 0 Å². The number of ether oxygens (including phenoxy) is 2. The summed E-state index contributed by atoms with van der Waals surface area (Å²) in [6.45, 7) is 4.35. The van der Waals surface area contributed by atoms with Gasteiger partial charge in [-0.05, 0) is 24.1 Å². The van der Waals surface area contributed by atoms with Crippen molar-refractivity contribution < 1.29 is 17.9 Å². The summed E-state index contributed by atoms with van der Waals surface area (Å²) in [5.74, 6) is 1.32. The van der Waals surface area contributed by atoms with Gasteiger partial charge >= 0.3 is 0 Å². The van der Waals surface area contributed by atoms with Crippen LogP contribution in [0, 0.1) is 5.92 Å². The number of primary sulfonamides is 1. The van der Waals surface area contributed by atoms with Crippen LogP contribution in [0.25, 0.3) is 0 Å². The molecule has 1 aliphatic heterocycles. The van der Waals surface area contributed by atoms with E-state index in [-0.39, 0.29) is 28.9 Å². The van der Waals surface area contributed by atoms with Gasteiger partial charge in [0, 0.05) is 39.7 Å². The average molecular weight is 512 g/mol. The summed E-state index contributed by atoms with van der Waals surface area (Å²) < 4.78 is 33.2. The Morgan fingerprint density at radius 3 is 2.63 bits per heavy atom. The molecule has 0 radical (unpaired) electrons. The lowest BCUT2D eigenvalue weighted by molar-refractivity contribution is 0.0536. The second-order valence-electron chi connectivity index (χ2n) is 6.26. The molecule has 1 unspecified atom stereocenters. The molecule has 0 amide bonds. The Hall–Kier alpha value is -0.950. The van der Waals surface area contributed by atoms with E-state index in [1.54, 1.807) is 26.3 Å². The van der Waals surface area contributed by atoms with Crippen LogP contribution >= 0.6 is 24.0 Å². The van der Waals surface area contributed by atoms with Crippen molar-refractivity contribution in [1.82, 2.24) is 10.2 Å². The van der Waals surface area contributed by atoms with Crippen LogP contribution in [0.4, 0.5) is 0 Å². The number of halogens is 1. The third kappa shape index (κ3) is 7.90. The smallest absolute Gasteiger partial charge is 0.238 e. The highest BCUT2D eigenvalue weighted by molar-refractivity contribution is 14.0. The monoisotopic (exact) mass is 512 g/mol. The van der Waals surface area contributed by atoms with E-state index in [1.165, 1.54) is 12.1 Å². The van der Waals surface area contributed by atoms with E-state index in [0.717, 1.165) is 37.6 Å². The van der Waals surface area contributed by atoms with E-state index < -0.39 is 10.0 Å². The molecule has 0 spiro atoms. The number of hydrogen-bond donors (Lipinski definition) is 2. The fourth-order valence-corrected chi connectivity index (χ4v) is 3.38. The van der Waals surface area contributed by atoms with Crippen molar-refractivity contribution in [2.24, 2.45) is 16.0 Å². The number of nitrogens with two attached hydrogens (primary N) is 1. The molecule has 1 aromatic carbocycles. The maximum atomic E-state index is 11.3. The first-order valence-corrected chi connectivity index (χ1v) is 10.1. The number of rotatable bonds is 8. The predicted molar refractivity (Wildman–Crippen MR) is 116 cm³/mol. The highest BCUT2D eigenvalue weighted by Gasteiger charge is 2.24. The molecule has 1 fully saturated rings. The maximum absolute atomic E-state index is 11.3. The highest BCUT2D eigenvalue weighted by atomic mass is 127. The minimum atomic E-state index is -3.66. The van der Waals surface area contributed by atoms with Crippen molar-refractivity contribution in [3.05, 3.63) is 29.8 Å².